The summed E-state index contributed by atoms with van der Waals surface area (Å²) in [7, 11) is 2.08. The van der Waals surface area contributed by atoms with Crippen LogP contribution in [-0.4, -0.2) is 20.2 Å². The van der Waals surface area contributed by atoms with Crippen molar-refractivity contribution in [3.63, 3.8) is 0 Å². The third-order valence-corrected chi connectivity index (χ3v) is 3.37. The van der Waals surface area contributed by atoms with Gasteiger partial charge in [0, 0.05) is 12.7 Å². The molecule has 0 aliphatic rings. The second-order valence-corrected chi connectivity index (χ2v) is 4.85. The standard InChI is InChI=1S/C17H21NO/c1-14-9-10-17(13-15(14)2)19-12-11-18(3)16-7-5-4-6-8-16/h4-10,13H,11-12H2,1-3H3. The molecule has 0 saturated carbocycles. The summed E-state index contributed by atoms with van der Waals surface area (Å²) >= 11 is 0. The van der Waals surface area contributed by atoms with Crippen molar-refractivity contribution in [3.8, 4) is 5.75 Å². The van der Waals surface area contributed by atoms with Crippen molar-refractivity contribution in [2.45, 2.75) is 13.8 Å². The molecule has 0 unspecified atom stereocenters. The Balaban J connectivity index is 1.85. The van der Waals surface area contributed by atoms with Crippen LogP contribution < -0.4 is 9.64 Å². The lowest BCUT2D eigenvalue weighted by Crippen LogP contribution is -2.23. The van der Waals surface area contributed by atoms with Gasteiger partial charge in [-0.25, -0.2) is 0 Å². The van der Waals surface area contributed by atoms with Crippen LogP contribution >= 0.6 is 0 Å². The van der Waals surface area contributed by atoms with Gasteiger partial charge in [0.05, 0.1) is 6.54 Å². The maximum atomic E-state index is 5.79. The Labute approximate surface area is 115 Å². The van der Waals surface area contributed by atoms with Crippen LogP contribution in [0.2, 0.25) is 0 Å². The Morgan fingerprint density at radius 1 is 0.947 bits per heavy atom. The summed E-state index contributed by atoms with van der Waals surface area (Å²) in [6, 6.07) is 16.6. The lowest BCUT2D eigenvalue weighted by Gasteiger charge is -2.19. The van der Waals surface area contributed by atoms with E-state index in [2.05, 4.69) is 62.2 Å². The topological polar surface area (TPSA) is 12.5 Å². The maximum Gasteiger partial charge on any atom is 0.119 e. The van der Waals surface area contributed by atoms with Crippen molar-refractivity contribution in [1.29, 1.82) is 0 Å². The van der Waals surface area contributed by atoms with Gasteiger partial charge in [0.1, 0.15) is 12.4 Å². The number of benzene rings is 2. The summed E-state index contributed by atoms with van der Waals surface area (Å²) in [5.41, 5.74) is 3.79. The molecule has 2 rings (SSSR count). The van der Waals surface area contributed by atoms with Crippen LogP contribution in [0.3, 0.4) is 0 Å². The van der Waals surface area contributed by atoms with Crippen LogP contribution in [0.15, 0.2) is 48.5 Å². The smallest absolute Gasteiger partial charge is 0.119 e. The highest BCUT2D eigenvalue weighted by molar-refractivity contribution is 5.44. The van der Waals surface area contributed by atoms with E-state index >= 15 is 0 Å². The Morgan fingerprint density at radius 2 is 1.68 bits per heavy atom. The van der Waals surface area contributed by atoms with Gasteiger partial charge in [-0.05, 0) is 49.2 Å². The summed E-state index contributed by atoms with van der Waals surface area (Å²) in [6.45, 7) is 5.78. The highest BCUT2D eigenvalue weighted by atomic mass is 16.5. The monoisotopic (exact) mass is 255 g/mol. The average molecular weight is 255 g/mol. The molecule has 0 aliphatic heterocycles. The fourth-order valence-electron chi connectivity index (χ4n) is 1.92. The van der Waals surface area contributed by atoms with Crippen LogP contribution in [0.4, 0.5) is 5.69 Å². The van der Waals surface area contributed by atoms with Gasteiger partial charge in [-0.2, -0.15) is 0 Å². The van der Waals surface area contributed by atoms with Crippen LogP contribution in [0.5, 0.6) is 5.75 Å². The lowest BCUT2D eigenvalue weighted by atomic mass is 10.1. The largest absolute Gasteiger partial charge is 0.492 e. The number of aryl methyl sites for hydroxylation is 2. The van der Waals surface area contributed by atoms with Crippen molar-refractivity contribution < 1.29 is 4.74 Å². The van der Waals surface area contributed by atoms with E-state index in [0.29, 0.717) is 6.61 Å². The lowest BCUT2D eigenvalue weighted by molar-refractivity contribution is 0.325. The van der Waals surface area contributed by atoms with Crippen molar-refractivity contribution in [1.82, 2.24) is 0 Å². The molecule has 0 spiro atoms. The molecule has 0 amide bonds. The molecular formula is C17H21NO. The first-order valence-corrected chi connectivity index (χ1v) is 6.63. The Hall–Kier alpha value is -1.96. The van der Waals surface area contributed by atoms with E-state index in [1.54, 1.807) is 0 Å². The van der Waals surface area contributed by atoms with E-state index in [9.17, 15) is 0 Å². The summed E-state index contributed by atoms with van der Waals surface area (Å²) in [5, 5.41) is 0. The third kappa shape index (κ3) is 3.75. The van der Waals surface area contributed by atoms with Crippen LogP contribution in [-0.2, 0) is 0 Å². The minimum Gasteiger partial charge on any atom is -0.492 e. The SMILES string of the molecule is Cc1ccc(OCCN(C)c2ccccc2)cc1C. The number of rotatable bonds is 5. The fraction of sp³-hybridized carbons (Fsp3) is 0.294. The molecule has 2 aromatic carbocycles. The van der Waals surface area contributed by atoms with Crippen molar-refractivity contribution in [2.24, 2.45) is 0 Å². The van der Waals surface area contributed by atoms with Crippen molar-refractivity contribution in [2.75, 3.05) is 25.1 Å². The van der Waals surface area contributed by atoms with Gasteiger partial charge in [0.2, 0.25) is 0 Å². The minimum absolute atomic E-state index is 0.688. The molecule has 19 heavy (non-hydrogen) atoms. The molecule has 0 atom stereocenters. The third-order valence-electron chi connectivity index (χ3n) is 3.37. The second-order valence-electron chi connectivity index (χ2n) is 4.85. The quantitative estimate of drug-likeness (QED) is 0.805. The van der Waals surface area contributed by atoms with Gasteiger partial charge in [-0.1, -0.05) is 24.3 Å². The van der Waals surface area contributed by atoms with E-state index in [0.717, 1.165) is 12.3 Å². The van der Waals surface area contributed by atoms with E-state index in [1.165, 1.54) is 16.8 Å². The zero-order valence-electron chi connectivity index (χ0n) is 11.9. The number of ether oxygens (including phenoxy) is 1. The Morgan fingerprint density at radius 3 is 2.37 bits per heavy atom. The van der Waals surface area contributed by atoms with Gasteiger partial charge < -0.3 is 9.64 Å². The zero-order chi connectivity index (χ0) is 13.7. The van der Waals surface area contributed by atoms with Crippen molar-refractivity contribution >= 4 is 5.69 Å². The van der Waals surface area contributed by atoms with Crippen molar-refractivity contribution in [3.05, 3.63) is 59.7 Å². The molecule has 0 heterocycles. The molecule has 2 aromatic rings. The van der Waals surface area contributed by atoms with Gasteiger partial charge in [-0.15, -0.1) is 0 Å². The molecule has 2 nitrogen and oxygen atoms in total. The number of para-hydroxylation sites is 1. The molecule has 0 N–H and O–H groups in total. The molecular weight excluding hydrogens is 234 g/mol. The van der Waals surface area contributed by atoms with Gasteiger partial charge >= 0.3 is 0 Å². The van der Waals surface area contributed by atoms with Gasteiger partial charge in [-0.3, -0.25) is 0 Å². The molecule has 0 aliphatic carbocycles. The first kappa shape index (κ1) is 13.5. The fourth-order valence-corrected chi connectivity index (χ4v) is 1.92. The predicted octanol–water partition coefficient (Wildman–Crippen LogP) is 3.82. The number of nitrogens with zero attached hydrogens (tertiary/aromatic N) is 1. The van der Waals surface area contributed by atoms with Gasteiger partial charge in [0.15, 0.2) is 0 Å². The van der Waals surface area contributed by atoms with E-state index in [4.69, 9.17) is 4.74 Å². The number of hydrogen-bond acceptors (Lipinski definition) is 2. The highest BCUT2D eigenvalue weighted by Crippen LogP contribution is 2.16. The number of hydrogen-bond donors (Lipinski definition) is 0. The maximum absolute atomic E-state index is 5.79. The van der Waals surface area contributed by atoms with E-state index in [-0.39, 0.29) is 0 Å². The average Bonchev–Trinajstić information content (AvgIpc) is 2.43. The molecule has 0 fully saturated rings. The molecule has 0 saturated heterocycles. The summed E-state index contributed by atoms with van der Waals surface area (Å²) in [6.07, 6.45) is 0. The summed E-state index contributed by atoms with van der Waals surface area (Å²) < 4.78 is 5.79. The zero-order valence-corrected chi connectivity index (χ0v) is 11.9. The Bertz CT molecular complexity index is 522. The molecule has 0 aromatic heterocycles. The Kier molecular flexibility index (Phi) is 4.45. The highest BCUT2D eigenvalue weighted by Gasteiger charge is 2.01. The van der Waals surface area contributed by atoms with Crippen LogP contribution in [0, 0.1) is 13.8 Å². The molecule has 2 heteroatoms. The summed E-state index contributed by atoms with van der Waals surface area (Å²) in [4.78, 5) is 2.20. The van der Waals surface area contributed by atoms with E-state index < -0.39 is 0 Å². The molecule has 0 bridgehead atoms. The second kappa shape index (κ2) is 6.28. The van der Waals surface area contributed by atoms with Crippen LogP contribution in [0.25, 0.3) is 0 Å². The van der Waals surface area contributed by atoms with E-state index in [1.807, 2.05) is 12.1 Å². The predicted molar refractivity (Wildman–Crippen MR) is 81.1 cm³/mol. The summed E-state index contributed by atoms with van der Waals surface area (Å²) in [5.74, 6) is 0.949. The first-order chi connectivity index (χ1) is 9.16. The van der Waals surface area contributed by atoms with Crippen LogP contribution in [0.1, 0.15) is 11.1 Å². The minimum atomic E-state index is 0.688. The first-order valence-electron chi connectivity index (χ1n) is 6.63. The van der Waals surface area contributed by atoms with Gasteiger partial charge in [0.25, 0.3) is 0 Å². The number of anilines is 1. The normalized spacial score (nSPS) is 10.3. The molecule has 0 radical (unpaired) electrons. The number of likely N-dealkylation sites (N-methyl/N-ethyl adjacent to an activating group) is 1. The molecule has 100 valence electrons.